The highest BCUT2D eigenvalue weighted by atomic mass is 16.5. The summed E-state index contributed by atoms with van der Waals surface area (Å²) in [4.78, 5) is 33.4. The largest absolute Gasteiger partial charge is 0.481 e. The molecule has 0 aliphatic heterocycles. The molecule has 1 amide bonds. The highest BCUT2D eigenvalue weighted by Gasteiger charge is 2.43. The van der Waals surface area contributed by atoms with Crippen LogP contribution >= 0.6 is 0 Å². The van der Waals surface area contributed by atoms with E-state index >= 15 is 0 Å². The minimum absolute atomic E-state index is 0.0330. The average molecular weight is 261 g/mol. The fraction of sp³-hybridized carbons (Fsp3) is 0.727. The van der Waals surface area contributed by atoms with Crippen molar-refractivity contribution in [1.82, 2.24) is 5.06 Å². The van der Waals surface area contributed by atoms with Gasteiger partial charge < -0.3 is 10.2 Å². The monoisotopic (exact) mass is 261 g/mol. The van der Waals surface area contributed by atoms with E-state index in [1.54, 1.807) is 0 Å². The predicted octanol–water partition coefficient (Wildman–Crippen LogP) is 0.960. The molecule has 0 aromatic rings. The number of rotatable bonds is 8. The maximum Gasteiger partial charge on any atom is 0.319 e. The van der Waals surface area contributed by atoms with Crippen LogP contribution in [0.5, 0.6) is 0 Å². The molecule has 0 saturated carbocycles. The van der Waals surface area contributed by atoms with E-state index < -0.39 is 29.7 Å². The number of nitrogens with zero attached hydrogens (tertiary/aromatic N) is 1. The quantitative estimate of drug-likeness (QED) is 0.340. The minimum atomic E-state index is -1.92. The number of carbonyl (C=O) groups is 3. The van der Waals surface area contributed by atoms with Crippen molar-refractivity contribution in [1.29, 1.82) is 0 Å². The molecule has 0 spiro atoms. The Bertz CT molecular complexity index is 329. The molecule has 0 bridgehead atoms. The summed E-state index contributed by atoms with van der Waals surface area (Å²) in [5, 5.41) is 27.4. The Morgan fingerprint density at radius 1 is 1.22 bits per heavy atom. The molecular formula is C11H19NO6. The van der Waals surface area contributed by atoms with Crippen LogP contribution in [0.25, 0.3) is 0 Å². The highest BCUT2D eigenvalue weighted by Crippen LogP contribution is 2.26. The van der Waals surface area contributed by atoms with Gasteiger partial charge in [-0.25, -0.2) is 5.06 Å². The van der Waals surface area contributed by atoms with E-state index in [0.29, 0.717) is 11.5 Å². The molecule has 0 aromatic heterocycles. The molecule has 0 saturated heterocycles. The lowest BCUT2D eigenvalue weighted by molar-refractivity contribution is -0.183. The van der Waals surface area contributed by atoms with Crippen molar-refractivity contribution in [3.05, 3.63) is 0 Å². The molecule has 3 N–H and O–H groups in total. The number of aliphatic carboxylic acids is 2. The third-order valence-electron chi connectivity index (χ3n) is 2.74. The number of hydrogen-bond donors (Lipinski definition) is 3. The van der Waals surface area contributed by atoms with Crippen molar-refractivity contribution in [2.45, 2.75) is 39.5 Å². The molecule has 0 aliphatic rings. The second-order valence-electron chi connectivity index (χ2n) is 4.31. The zero-order chi connectivity index (χ0) is 14.3. The summed E-state index contributed by atoms with van der Waals surface area (Å²) in [7, 11) is 0. The summed E-state index contributed by atoms with van der Waals surface area (Å²) in [5.74, 6) is -3.61. The molecule has 0 aliphatic carbocycles. The van der Waals surface area contributed by atoms with Gasteiger partial charge in [0.05, 0.1) is 0 Å². The van der Waals surface area contributed by atoms with E-state index in [1.165, 1.54) is 0 Å². The summed E-state index contributed by atoms with van der Waals surface area (Å²) in [5.41, 5.74) is -1.92. The van der Waals surface area contributed by atoms with Crippen LogP contribution in [0.15, 0.2) is 0 Å². The molecule has 7 heteroatoms. The van der Waals surface area contributed by atoms with Crippen LogP contribution in [0, 0.1) is 5.41 Å². The number of amides is 1. The fourth-order valence-electron chi connectivity index (χ4n) is 1.36. The molecule has 0 radical (unpaired) electrons. The van der Waals surface area contributed by atoms with Crippen molar-refractivity contribution in [2.24, 2.45) is 5.41 Å². The highest BCUT2D eigenvalue weighted by molar-refractivity contribution is 6.01. The smallest absolute Gasteiger partial charge is 0.319 e. The summed E-state index contributed by atoms with van der Waals surface area (Å²) in [6.45, 7) is 3.01. The van der Waals surface area contributed by atoms with Crippen LogP contribution in [-0.4, -0.2) is 44.9 Å². The zero-order valence-electron chi connectivity index (χ0n) is 10.5. The third kappa shape index (κ3) is 4.33. The Morgan fingerprint density at radius 2 is 1.78 bits per heavy atom. The van der Waals surface area contributed by atoms with Gasteiger partial charge in [-0.2, -0.15) is 0 Å². The first-order valence-corrected chi connectivity index (χ1v) is 5.71. The SMILES string of the molecule is CCCCN(O)C(=O)C(C)(CCC(=O)O)C(=O)O. The summed E-state index contributed by atoms with van der Waals surface area (Å²) in [6.07, 6.45) is 0.468. The summed E-state index contributed by atoms with van der Waals surface area (Å²) in [6, 6.07) is 0. The first-order valence-electron chi connectivity index (χ1n) is 5.71. The van der Waals surface area contributed by atoms with Crippen molar-refractivity contribution in [3.8, 4) is 0 Å². The van der Waals surface area contributed by atoms with Gasteiger partial charge in [0.1, 0.15) is 5.41 Å². The van der Waals surface area contributed by atoms with Gasteiger partial charge in [-0.15, -0.1) is 0 Å². The van der Waals surface area contributed by atoms with Gasteiger partial charge in [0.2, 0.25) is 0 Å². The Morgan fingerprint density at radius 3 is 2.17 bits per heavy atom. The van der Waals surface area contributed by atoms with Crippen molar-refractivity contribution in [2.75, 3.05) is 6.54 Å². The standard InChI is InChI=1S/C11H19NO6/c1-3-4-7-12(18)9(15)11(2,10(16)17)6-5-8(13)14/h18H,3-7H2,1-2H3,(H,13,14)(H,16,17). The van der Waals surface area contributed by atoms with Gasteiger partial charge in [-0.05, 0) is 19.8 Å². The molecule has 0 fully saturated rings. The van der Waals surface area contributed by atoms with E-state index in [1.807, 2.05) is 6.92 Å². The molecule has 104 valence electrons. The normalized spacial score (nSPS) is 13.7. The third-order valence-corrected chi connectivity index (χ3v) is 2.74. The number of unbranched alkanes of at least 4 members (excludes halogenated alkanes) is 1. The number of carboxylic acids is 2. The van der Waals surface area contributed by atoms with Crippen LogP contribution in [0.2, 0.25) is 0 Å². The predicted molar refractivity (Wildman–Crippen MR) is 61.0 cm³/mol. The Labute approximate surface area is 105 Å². The lowest BCUT2D eigenvalue weighted by Crippen LogP contribution is -2.46. The van der Waals surface area contributed by atoms with Crippen LogP contribution in [0.4, 0.5) is 0 Å². The van der Waals surface area contributed by atoms with E-state index in [0.717, 1.165) is 13.3 Å². The van der Waals surface area contributed by atoms with E-state index in [4.69, 9.17) is 10.2 Å². The minimum Gasteiger partial charge on any atom is -0.481 e. The molecular weight excluding hydrogens is 242 g/mol. The van der Waals surface area contributed by atoms with Gasteiger partial charge in [0.15, 0.2) is 0 Å². The van der Waals surface area contributed by atoms with Crippen molar-refractivity contribution >= 4 is 17.8 Å². The number of hydroxylamine groups is 2. The summed E-state index contributed by atoms with van der Waals surface area (Å²) >= 11 is 0. The molecule has 0 aromatic carbocycles. The zero-order valence-corrected chi connectivity index (χ0v) is 10.5. The van der Waals surface area contributed by atoms with Crippen LogP contribution in [-0.2, 0) is 14.4 Å². The molecule has 18 heavy (non-hydrogen) atoms. The maximum absolute atomic E-state index is 11.8. The molecule has 1 unspecified atom stereocenters. The fourth-order valence-corrected chi connectivity index (χ4v) is 1.36. The van der Waals surface area contributed by atoms with Crippen LogP contribution in [0.3, 0.4) is 0 Å². The van der Waals surface area contributed by atoms with E-state index in [2.05, 4.69) is 0 Å². The van der Waals surface area contributed by atoms with Gasteiger partial charge in [-0.3, -0.25) is 19.6 Å². The average Bonchev–Trinajstić information content (AvgIpc) is 2.31. The molecule has 1 atom stereocenters. The number of hydrogen-bond acceptors (Lipinski definition) is 4. The molecule has 7 nitrogen and oxygen atoms in total. The summed E-state index contributed by atoms with van der Waals surface area (Å²) < 4.78 is 0. The number of carbonyl (C=O) groups excluding carboxylic acids is 1. The maximum atomic E-state index is 11.8. The lowest BCUT2D eigenvalue weighted by atomic mass is 9.84. The van der Waals surface area contributed by atoms with Crippen molar-refractivity contribution < 1.29 is 29.8 Å². The Hall–Kier alpha value is -1.63. The van der Waals surface area contributed by atoms with Gasteiger partial charge in [0.25, 0.3) is 5.91 Å². The lowest BCUT2D eigenvalue weighted by Gasteiger charge is -2.27. The van der Waals surface area contributed by atoms with Crippen molar-refractivity contribution in [3.63, 3.8) is 0 Å². The first kappa shape index (κ1) is 16.4. The van der Waals surface area contributed by atoms with E-state index in [-0.39, 0.29) is 13.0 Å². The van der Waals surface area contributed by atoms with Gasteiger partial charge in [0, 0.05) is 13.0 Å². The van der Waals surface area contributed by atoms with Gasteiger partial charge >= 0.3 is 11.9 Å². The van der Waals surface area contributed by atoms with Gasteiger partial charge in [-0.1, -0.05) is 13.3 Å². The Kier molecular flexibility index (Phi) is 6.32. The topological polar surface area (TPSA) is 115 Å². The van der Waals surface area contributed by atoms with Crippen LogP contribution in [0.1, 0.15) is 39.5 Å². The van der Waals surface area contributed by atoms with E-state index in [9.17, 15) is 19.6 Å². The molecule has 0 heterocycles. The second kappa shape index (κ2) is 6.95. The first-order chi connectivity index (χ1) is 8.25. The number of carboxylic acid groups (broad SMARTS) is 2. The van der Waals surface area contributed by atoms with Crippen LogP contribution < -0.4 is 0 Å². The second-order valence-corrected chi connectivity index (χ2v) is 4.31. The molecule has 0 rings (SSSR count). The Balaban J connectivity index is 4.81.